The Morgan fingerprint density at radius 3 is 2.71 bits per heavy atom. The fourth-order valence-electron chi connectivity index (χ4n) is 1.61. The number of carbonyl (C=O) groups is 1. The highest BCUT2D eigenvalue weighted by atomic mass is 79.9. The van der Waals surface area contributed by atoms with Crippen molar-refractivity contribution in [3.63, 3.8) is 0 Å². The molecule has 0 saturated carbocycles. The molecule has 2 rings (SSSR count). The number of nitrogens with one attached hydrogen (secondary N) is 1. The van der Waals surface area contributed by atoms with Gasteiger partial charge in [-0.3, -0.25) is 4.79 Å². The van der Waals surface area contributed by atoms with Crippen molar-refractivity contribution in [2.45, 2.75) is 17.1 Å². The van der Waals surface area contributed by atoms with Gasteiger partial charge in [0.25, 0.3) is 0 Å². The number of carbonyl (C=O) groups excluding carboxylic acids is 1. The maximum atomic E-state index is 13.0. The van der Waals surface area contributed by atoms with Crippen molar-refractivity contribution in [2.75, 3.05) is 5.32 Å². The van der Waals surface area contributed by atoms with Crippen LogP contribution in [-0.4, -0.2) is 11.2 Å². The third-order valence-electron chi connectivity index (χ3n) is 2.70. The zero-order chi connectivity index (χ0) is 15.4. The number of rotatable bonds is 4. The molecule has 6 heteroatoms. The van der Waals surface area contributed by atoms with Gasteiger partial charge in [-0.1, -0.05) is 23.7 Å². The SMILES string of the molecule is CC(Sc1ccccc1Br)C(=O)Nc1ccc(F)cc1Cl. The molecule has 21 heavy (non-hydrogen) atoms. The van der Waals surface area contributed by atoms with Gasteiger partial charge in [0.15, 0.2) is 0 Å². The van der Waals surface area contributed by atoms with Crippen LogP contribution in [0.1, 0.15) is 6.92 Å². The van der Waals surface area contributed by atoms with Crippen molar-refractivity contribution >= 4 is 50.9 Å². The summed E-state index contributed by atoms with van der Waals surface area (Å²) in [4.78, 5) is 13.1. The van der Waals surface area contributed by atoms with Gasteiger partial charge in [0.1, 0.15) is 5.82 Å². The predicted molar refractivity (Wildman–Crippen MR) is 89.5 cm³/mol. The number of hydrogen-bond acceptors (Lipinski definition) is 2. The van der Waals surface area contributed by atoms with Crippen LogP contribution in [0.4, 0.5) is 10.1 Å². The Balaban J connectivity index is 2.04. The van der Waals surface area contributed by atoms with E-state index in [2.05, 4.69) is 21.2 Å². The van der Waals surface area contributed by atoms with E-state index in [1.807, 2.05) is 24.3 Å². The molecule has 1 atom stereocenters. The summed E-state index contributed by atoms with van der Waals surface area (Å²) in [5, 5.41) is 2.57. The van der Waals surface area contributed by atoms with Gasteiger partial charge < -0.3 is 5.32 Å². The Labute approximate surface area is 140 Å². The Kier molecular flexibility index (Phi) is 5.67. The highest BCUT2D eigenvalue weighted by Gasteiger charge is 2.17. The molecule has 1 amide bonds. The lowest BCUT2D eigenvalue weighted by Crippen LogP contribution is -2.22. The van der Waals surface area contributed by atoms with Crippen LogP contribution < -0.4 is 5.32 Å². The summed E-state index contributed by atoms with van der Waals surface area (Å²) < 4.78 is 13.9. The number of amides is 1. The summed E-state index contributed by atoms with van der Waals surface area (Å²) in [7, 11) is 0. The molecule has 1 unspecified atom stereocenters. The molecule has 0 radical (unpaired) electrons. The van der Waals surface area contributed by atoms with Crippen molar-refractivity contribution in [3.05, 3.63) is 57.8 Å². The molecular weight excluding hydrogens is 377 g/mol. The van der Waals surface area contributed by atoms with E-state index in [-0.39, 0.29) is 16.2 Å². The highest BCUT2D eigenvalue weighted by Crippen LogP contribution is 2.31. The monoisotopic (exact) mass is 387 g/mol. The zero-order valence-electron chi connectivity index (χ0n) is 11.1. The van der Waals surface area contributed by atoms with Crippen LogP contribution in [0.15, 0.2) is 51.8 Å². The molecule has 0 aromatic heterocycles. The second kappa shape index (κ2) is 7.29. The molecule has 0 fully saturated rings. The predicted octanol–water partition coefficient (Wildman–Crippen LogP) is 5.36. The number of thioether (sulfide) groups is 1. The lowest BCUT2D eigenvalue weighted by atomic mass is 10.3. The fraction of sp³-hybridized carbons (Fsp3) is 0.133. The van der Waals surface area contributed by atoms with Crippen LogP contribution >= 0.6 is 39.3 Å². The summed E-state index contributed by atoms with van der Waals surface area (Å²) in [6.45, 7) is 1.80. The molecule has 0 saturated heterocycles. The van der Waals surface area contributed by atoms with Crippen LogP contribution in [0.25, 0.3) is 0 Å². The summed E-state index contributed by atoms with van der Waals surface area (Å²) in [5.41, 5.74) is 0.405. The first-order chi connectivity index (χ1) is 9.97. The Morgan fingerprint density at radius 1 is 1.33 bits per heavy atom. The smallest absolute Gasteiger partial charge is 0.237 e. The molecular formula is C15H12BrClFNOS. The molecule has 0 aliphatic rings. The van der Waals surface area contributed by atoms with Gasteiger partial charge in [0.2, 0.25) is 5.91 Å². The minimum absolute atomic E-state index is 0.182. The lowest BCUT2D eigenvalue weighted by Gasteiger charge is -2.13. The van der Waals surface area contributed by atoms with Crippen LogP contribution in [0.3, 0.4) is 0 Å². The third-order valence-corrected chi connectivity index (χ3v) is 5.14. The number of halogens is 3. The van der Waals surface area contributed by atoms with Crippen molar-refractivity contribution in [3.8, 4) is 0 Å². The van der Waals surface area contributed by atoms with Crippen LogP contribution in [0.2, 0.25) is 5.02 Å². The van der Waals surface area contributed by atoms with E-state index >= 15 is 0 Å². The maximum Gasteiger partial charge on any atom is 0.237 e. The molecule has 2 nitrogen and oxygen atoms in total. The largest absolute Gasteiger partial charge is 0.324 e. The minimum Gasteiger partial charge on any atom is -0.324 e. The van der Waals surface area contributed by atoms with Crippen LogP contribution in [0.5, 0.6) is 0 Å². The third kappa shape index (κ3) is 4.46. The molecule has 0 bridgehead atoms. The van der Waals surface area contributed by atoms with E-state index in [1.165, 1.54) is 30.0 Å². The summed E-state index contributed by atoms with van der Waals surface area (Å²) >= 11 is 10.8. The first kappa shape index (κ1) is 16.3. The van der Waals surface area contributed by atoms with E-state index in [0.29, 0.717) is 5.69 Å². The average molecular weight is 389 g/mol. The summed E-state index contributed by atoms with van der Waals surface area (Å²) in [5.74, 6) is -0.627. The second-order valence-corrected chi connectivity index (χ2v) is 6.95. The van der Waals surface area contributed by atoms with E-state index in [4.69, 9.17) is 11.6 Å². The topological polar surface area (TPSA) is 29.1 Å². The molecule has 0 aliphatic carbocycles. The molecule has 0 heterocycles. The quantitative estimate of drug-likeness (QED) is 0.714. The molecule has 0 aliphatic heterocycles. The van der Waals surface area contributed by atoms with Gasteiger partial charge in [-0.25, -0.2) is 4.39 Å². The van der Waals surface area contributed by atoms with Gasteiger partial charge in [-0.05, 0) is 53.2 Å². The van der Waals surface area contributed by atoms with Crippen molar-refractivity contribution in [2.24, 2.45) is 0 Å². The zero-order valence-corrected chi connectivity index (χ0v) is 14.2. The van der Waals surface area contributed by atoms with Crippen molar-refractivity contribution < 1.29 is 9.18 Å². The van der Waals surface area contributed by atoms with Crippen LogP contribution in [0, 0.1) is 5.82 Å². The number of anilines is 1. The maximum absolute atomic E-state index is 13.0. The first-order valence-corrected chi connectivity index (χ1v) is 8.19. The summed E-state index contributed by atoms with van der Waals surface area (Å²) in [6, 6.07) is 11.6. The van der Waals surface area contributed by atoms with Gasteiger partial charge in [-0.2, -0.15) is 0 Å². The highest BCUT2D eigenvalue weighted by molar-refractivity contribution is 9.10. The molecule has 2 aromatic carbocycles. The minimum atomic E-state index is -0.436. The normalized spacial score (nSPS) is 12.0. The van der Waals surface area contributed by atoms with E-state index in [9.17, 15) is 9.18 Å². The Hall–Kier alpha value is -1.04. The Morgan fingerprint density at radius 2 is 2.05 bits per heavy atom. The molecule has 0 spiro atoms. The molecule has 2 aromatic rings. The van der Waals surface area contributed by atoms with E-state index < -0.39 is 5.82 Å². The van der Waals surface area contributed by atoms with Gasteiger partial charge in [-0.15, -0.1) is 11.8 Å². The fourth-order valence-corrected chi connectivity index (χ4v) is 3.27. The first-order valence-electron chi connectivity index (χ1n) is 6.14. The average Bonchev–Trinajstić information content (AvgIpc) is 2.44. The second-order valence-electron chi connectivity index (χ2n) is 4.30. The number of benzene rings is 2. The standard InChI is InChI=1S/C15H12BrClFNOS/c1-9(21-14-5-3-2-4-11(14)16)15(20)19-13-7-6-10(18)8-12(13)17/h2-9H,1H3,(H,19,20). The van der Waals surface area contributed by atoms with Gasteiger partial charge >= 0.3 is 0 Å². The van der Waals surface area contributed by atoms with Crippen molar-refractivity contribution in [1.82, 2.24) is 0 Å². The van der Waals surface area contributed by atoms with E-state index in [0.717, 1.165) is 9.37 Å². The van der Waals surface area contributed by atoms with E-state index in [1.54, 1.807) is 6.92 Å². The summed E-state index contributed by atoms with van der Waals surface area (Å²) in [6.07, 6.45) is 0. The van der Waals surface area contributed by atoms with Gasteiger partial charge in [0.05, 0.1) is 16.0 Å². The Bertz CT molecular complexity index is 668. The molecule has 1 N–H and O–H groups in total. The van der Waals surface area contributed by atoms with Crippen molar-refractivity contribution in [1.29, 1.82) is 0 Å². The number of hydrogen-bond donors (Lipinski definition) is 1. The van der Waals surface area contributed by atoms with Gasteiger partial charge in [0, 0.05) is 9.37 Å². The molecule has 110 valence electrons. The van der Waals surface area contributed by atoms with Crippen LogP contribution in [-0.2, 0) is 4.79 Å². The lowest BCUT2D eigenvalue weighted by molar-refractivity contribution is -0.115.